The number of amides is 2. The monoisotopic (exact) mass is 372 g/mol. The molecule has 2 amide bonds. The minimum atomic E-state index is -0.405. The van der Waals surface area contributed by atoms with E-state index in [1.54, 1.807) is 0 Å². The van der Waals surface area contributed by atoms with Gasteiger partial charge in [0.25, 0.3) is 5.91 Å². The summed E-state index contributed by atoms with van der Waals surface area (Å²) in [7, 11) is 0. The summed E-state index contributed by atoms with van der Waals surface area (Å²) in [6.45, 7) is 7.77. The van der Waals surface area contributed by atoms with Crippen molar-refractivity contribution in [3.8, 4) is 5.75 Å². The lowest BCUT2D eigenvalue weighted by Crippen LogP contribution is -2.44. The van der Waals surface area contributed by atoms with Crippen LogP contribution < -0.4 is 15.6 Å². The molecule has 0 fully saturated rings. The first-order chi connectivity index (χ1) is 12.4. The van der Waals surface area contributed by atoms with Gasteiger partial charge >= 0.3 is 0 Å². The molecule has 138 valence electrons. The zero-order valence-electron chi connectivity index (χ0n) is 15.5. The number of carbonyl (C=O) groups is 2. The van der Waals surface area contributed by atoms with E-state index in [-0.39, 0.29) is 18.3 Å². The summed E-state index contributed by atoms with van der Waals surface area (Å²) in [4.78, 5) is 24.7. The molecular weight excluding hydrogens is 348 g/mol. The van der Waals surface area contributed by atoms with Gasteiger partial charge in [-0.3, -0.25) is 20.4 Å². The Morgan fingerprint density at radius 2 is 1.54 bits per heavy atom. The van der Waals surface area contributed by atoms with Gasteiger partial charge in [0.05, 0.1) is 5.75 Å². The molecule has 6 heteroatoms. The van der Waals surface area contributed by atoms with Crippen molar-refractivity contribution >= 4 is 23.6 Å². The number of rotatable bonds is 6. The van der Waals surface area contributed by atoms with E-state index in [9.17, 15) is 9.59 Å². The van der Waals surface area contributed by atoms with Crippen molar-refractivity contribution in [2.24, 2.45) is 0 Å². The first kappa shape index (κ1) is 19.8. The van der Waals surface area contributed by atoms with Gasteiger partial charge in [-0.15, -0.1) is 11.8 Å². The number of hydrogen-bond donors (Lipinski definition) is 2. The number of thioether (sulfide) groups is 1. The molecule has 0 saturated carbocycles. The van der Waals surface area contributed by atoms with E-state index in [0.29, 0.717) is 5.75 Å². The summed E-state index contributed by atoms with van der Waals surface area (Å²) < 4.78 is 5.55. The van der Waals surface area contributed by atoms with Crippen LogP contribution >= 0.6 is 11.8 Å². The fourth-order valence-electron chi connectivity index (χ4n) is 2.33. The minimum Gasteiger partial charge on any atom is -0.483 e. The van der Waals surface area contributed by atoms with Crippen LogP contribution in [0.15, 0.2) is 41.3 Å². The number of benzene rings is 2. The Balaban J connectivity index is 1.73. The zero-order chi connectivity index (χ0) is 19.1. The van der Waals surface area contributed by atoms with Crippen LogP contribution in [-0.4, -0.2) is 24.2 Å². The second-order valence-corrected chi connectivity index (χ2v) is 7.19. The molecule has 5 nitrogen and oxygen atoms in total. The van der Waals surface area contributed by atoms with Crippen molar-refractivity contribution in [1.29, 1.82) is 0 Å². The second-order valence-electron chi connectivity index (χ2n) is 6.14. The van der Waals surface area contributed by atoms with E-state index in [1.165, 1.54) is 22.9 Å². The van der Waals surface area contributed by atoms with Crippen LogP contribution in [0.5, 0.6) is 5.75 Å². The molecule has 2 aromatic carbocycles. The fraction of sp³-hybridized carbons (Fsp3) is 0.300. The summed E-state index contributed by atoms with van der Waals surface area (Å²) in [6, 6.07) is 11.8. The normalized spacial score (nSPS) is 10.3. The highest BCUT2D eigenvalue weighted by Gasteiger charge is 2.09. The Bertz CT molecular complexity index is 785. The van der Waals surface area contributed by atoms with Gasteiger partial charge in [-0.25, -0.2) is 0 Å². The molecule has 0 unspecified atom stereocenters. The van der Waals surface area contributed by atoms with Crippen LogP contribution in [0.2, 0.25) is 0 Å². The molecular formula is C20H24N2O3S. The Morgan fingerprint density at radius 3 is 2.19 bits per heavy atom. The van der Waals surface area contributed by atoms with E-state index in [0.717, 1.165) is 16.0 Å². The highest BCUT2D eigenvalue weighted by molar-refractivity contribution is 8.00. The Labute approximate surface area is 158 Å². The molecule has 26 heavy (non-hydrogen) atoms. The average molecular weight is 372 g/mol. The van der Waals surface area contributed by atoms with Gasteiger partial charge < -0.3 is 4.74 Å². The summed E-state index contributed by atoms with van der Waals surface area (Å²) in [6.07, 6.45) is 0. The van der Waals surface area contributed by atoms with Crippen molar-refractivity contribution in [3.05, 3.63) is 58.7 Å². The highest BCUT2D eigenvalue weighted by Crippen LogP contribution is 2.22. The maximum absolute atomic E-state index is 11.9. The highest BCUT2D eigenvalue weighted by atomic mass is 32.2. The van der Waals surface area contributed by atoms with E-state index in [2.05, 4.69) is 10.9 Å². The number of aryl methyl sites for hydroxylation is 4. The molecule has 2 N–H and O–H groups in total. The minimum absolute atomic E-state index is 0.156. The maximum atomic E-state index is 11.9. The van der Waals surface area contributed by atoms with Crippen molar-refractivity contribution in [1.82, 2.24) is 10.9 Å². The molecule has 0 radical (unpaired) electrons. The summed E-state index contributed by atoms with van der Waals surface area (Å²) in [5.74, 6) is 0.241. The van der Waals surface area contributed by atoms with Crippen LogP contribution in [0.1, 0.15) is 22.3 Å². The third-order valence-corrected chi connectivity index (χ3v) is 4.94. The van der Waals surface area contributed by atoms with Crippen molar-refractivity contribution < 1.29 is 14.3 Å². The van der Waals surface area contributed by atoms with Crippen LogP contribution in [0.25, 0.3) is 0 Å². The van der Waals surface area contributed by atoms with Crippen LogP contribution in [-0.2, 0) is 9.59 Å². The summed E-state index contributed by atoms with van der Waals surface area (Å²) in [5, 5.41) is 0. The lowest BCUT2D eigenvalue weighted by Gasteiger charge is -2.12. The number of ether oxygens (including phenoxy) is 1. The van der Waals surface area contributed by atoms with E-state index in [1.807, 2.05) is 64.1 Å². The Morgan fingerprint density at radius 1 is 0.885 bits per heavy atom. The number of carbonyl (C=O) groups excluding carboxylic acids is 2. The fourth-order valence-corrected chi connectivity index (χ4v) is 3.12. The largest absolute Gasteiger partial charge is 0.483 e. The van der Waals surface area contributed by atoms with Crippen LogP contribution in [0.4, 0.5) is 0 Å². The zero-order valence-corrected chi connectivity index (χ0v) is 16.3. The van der Waals surface area contributed by atoms with Gasteiger partial charge in [-0.2, -0.15) is 0 Å². The van der Waals surface area contributed by atoms with E-state index in [4.69, 9.17) is 4.74 Å². The average Bonchev–Trinajstić information content (AvgIpc) is 2.60. The molecule has 0 aliphatic carbocycles. The molecule has 2 aromatic rings. The van der Waals surface area contributed by atoms with Crippen molar-refractivity contribution in [2.45, 2.75) is 32.6 Å². The van der Waals surface area contributed by atoms with Gasteiger partial charge in [-0.1, -0.05) is 24.3 Å². The number of para-hydroxylation sites is 1. The molecule has 0 aliphatic rings. The summed E-state index contributed by atoms with van der Waals surface area (Å²) >= 11 is 1.42. The van der Waals surface area contributed by atoms with E-state index < -0.39 is 5.91 Å². The van der Waals surface area contributed by atoms with Gasteiger partial charge in [-0.05, 0) is 62.1 Å². The SMILES string of the molecule is Cc1ccc(SCC(=O)NNC(=O)COc2c(C)cccc2C)cc1C. The third-order valence-electron chi connectivity index (χ3n) is 3.95. The number of hydrazine groups is 1. The first-order valence-corrected chi connectivity index (χ1v) is 9.32. The molecule has 0 saturated heterocycles. The maximum Gasteiger partial charge on any atom is 0.276 e. The molecule has 0 heterocycles. The van der Waals surface area contributed by atoms with Gasteiger partial charge in [0.1, 0.15) is 5.75 Å². The van der Waals surface area contributed by atoms with Gasteiger partial charge in [0.2, 0.25) is 5.91 Å². The molecule has 0 aliphatic heterocycles. The lowest BCUT2D eigenvalue weighted by atomic mass is 10.1. The predicted octanol–water partition coefficient (Wildman–Crippen LogP) is 3.24. The molecule has 0 aromatic heterocycles. The third kappa shape index (κ3) is 5.81. The summed E-state index contributed by atoms with van der Waals surface area (Å²) in [5.41, 5.74) is 9.11. The van der Waals surface area contributed by atoms with Gasteiger partial charge in [0, 0.05) is 4.90 Å². The van der Waals surface area contributed by atoms with Crippen molar-refractivity contribution in [3.63, 3.8) is 0 Å². The molecule has 0 atom stereocenters. The molecule has 2 rings (SSSR count). The standard InChI is InChI=1S/C20H24N2O3S/c1-13-8-9-17(10-16(13)4)26-12-19(24)22-21-18(23)11-25-20-14(2)6-5-7-15(20)3/h5-10H,11-12H2,1-4H3,(H,21,23)(H,22,24). The van der Waals surface area contributed by atoms with Crippen LogP contribution in [0.3, 0.4) is 0 Å². The quantitative estimate of drug-likeness (QED) is 0.603. The molecule has 0 spiro atoms. The second kappa shape index (κ2) is 9.29. The number of nitrogens with one attached hydrogen (secondary N) is 2. The number of hydrogen-bond acceptors (Lipinski definition) is 4. The van der Waals surface area contributed by atoms with Gasteiger partial charge in [0.15, 0.2) is 6.61 Å². The van der Waals surface area contributed by atoms with Crippen molar-refractivity contribution in [2.75, 3.05) is 12.4 Å². The molecule has 0 bridgehead atoms. The topological polar surface area (TPSA) is 67.4 Å². The predicted molar refractivity (Wildman–Crippen MR) is 104 cm³/mol. The Hall–Kier alpha value is -2.47. The lowest BCUT2D eigenvalue weighted by molar-refractivity contribution is -0.128. The Kier molecular flexibility index (Phi) is 7.09. The smallest absolute Gasteiger partial charge is 0.276 e. The van der Waals surface area contributed by atoms with Crippen LogP contribution in [0, 0.1) is 27.7 Å². The first-order valence-electron chi connectivity index (χ1n) is 8.33. The van der Waals surface area contributed by atoms with E-state index >= 15 is 0 Å².